The number of fused-ring (bicyclic) bond motifs is 1. The van der Waals surface area contributed by atoms with E-state index in [1.54, 1.807) is 0 Å². The van der Waals surface area contributed by atoms with Crippen molar-refractivity contribution in [2.75, 3.05) is 43.6 Å². The van der Waals surface area contributed by atoms with Crippen LogP contribution in [0.1, 0.15) is 18.9 Å². The standard InChI is InChI=1S/C16H21N3O2/c1-16(3-4-17)11-12-9-13(18-2)14(10-15(12)21-16)19-5-7-20-8-6-19/h9-10,18H,3,5-8,11H2,1-2H3. The van der Waals surface area contributed by atoms with Gasteiger partial charge in [0, 0.05) is 38.2 Å². The van der Waals surface area contributed by atoms with Gasteiger partial charge in [0.15, 0.2) is 0 Å². The van der Waals surface area contributed by atoms with Gasteiger partial charge in [-0.2, -0.15) is 5.26 Å². The maximum absolute atomic E-state index is 8.97. The van der Waals surface area contributed by atoms with Gasteiger partial charge in [-0.25, -0.2) is 0 Å². The van der Waals surface area contributed by atoms with E-state index in [-0.39, 0.29) is 0 Å². The number of morpholine rings is 1. The summed E-state index contributed by atoms with van der Waals surface area (Å²) in [4.78, 5) is 2.32. The van der Waals surface area contributed by atoms with Gasteiger partial charge in [0.05, 0.1) is 37.1 Å². The van der Waals surface area contributed by atoms with Crippen molar-refractivity contribution in [2.45, 2.75) is 25.4 Å². The number of nitrogens with zero attached hydrogens (tertiary/aromatic N) is 2. The van der Waals surface area contributed by atoms with Gasteiger partial charge < -0.3 is 19.7 Å². The van der Waals surface area contributed by atoms with Crippen LogP contribution in [-0.4, -0.2) is 39.0 Å². The van der Waals surface area contributed by atoms with E-state index in [0.29, 0.717) is 6.42 Å². The summed E-state index contributed by atoms with van der Waals surface area (Å²) in [5, 5.41) is 12.2. The average Bonchev–Trinajstić information content (AvgIpc) is 2.82. The number of benzene rings is 1. The molecule has 0 spiro atoms. The molecule has 1 atom stereocenters. The highest BCUT2D eigenvalue weighted by Gasteiger charge is 2.35. The molecule has 2 aliphatic heterocycles. The number of hydrogen-bond acceptors (Lipinski definition) is 5. The molecule has 21 heavy (non-hydrogen) atoms. The second kappa shape index (κ2) is 5.45. The molecule has 0 saturated carbocycles. The van der Waals surface area contributed by atoms with Gasteiger partial charge in [0.1, 0.15) is 11.4 Å². The van der Waals surface area contributed by atoms with Crippen molar-refractivity contribution in [3.05, 3.63) is 17.7 Å². The van der Waals surface area contributed by atoms with Gasteiger partial charge in [-0.1, -0.05) is 0 Å². The van der Waals surface area contributed by atoms with Gasteiger partial charge in [0.25, 0.3) is 0 Å². The molecule has 0 radical (unpaired) electrons. The van der Waals surface area contributed by atoms with Crippen molar-refractivity contribution in [1.82, 2.24) is 0 Å². The summed E-state index contributed by atoms with van der Waals surface area (Å²) in [5.41, 5.74) is 3.04. The van der Waals surface area contributed by atoms with Crippen LogP contribution in [-0.2, 0) is 11.2 Å². The Hall–Kier alpha value is -1.93. The third-order valence-corrected chi connectivity index (χ3v) is 4.17. The summed E-state index contributed by atoms with van der Waals surface area (Å²) in [5.74, 6) is 0.910. The molecule has 0 amide bonds. The number of anilines is 2. The van der Waals surface area contributed by atoms with E-state index < -0.39 is 5.60 Å². The number of hydrogen-bond donors (Lipinski definition) is 1. The molecule has 1 saturated heterocycles. The van der Waals surface area contributed by atoms with E-state index >= 15 is 0 Å². The highest BCUT2D eigenvalue weighted by atomic mass is 16.5. The van der Waals surface area contributed by atoms with E-state index in [2.05, 4.69) is 28.4 Å². The third kappa shape index (κ3) is 2.64. The topological polar surface area (TPSA) is 57.5 Å². The maximum Gasteiger partial charge on any atom is 0.125 e. The van der Waals surface area contributed by atoms with Crippen molar-refractivity contribution in [1.29, 1.82) is 5.26 Å². The Labute approximate surface area is 125 Å². The molecule has 1 unspecified atom stereocenters. The molecule has 3 rings (SSSR count). The van der Waals surface area contributed by atoms with Gasteiger partial charge >= 0.3 is 0 Å². The van der Waals surface area contributed by atoms with Crippen molar-refractivity contribution in [2.24, 2.45) is 0 Å². The summed E-state index contributed by atoms with van der Waals surface area (Å²) in [7, 11) is 1.94. The van der Waals surface area contributed by atoms with E-state index in [0.717, 1.165) is 49.8 Å². The van der Waals surface area contributed by atoms with Crippen molar-refractivity contribution in [3.8, 4) is 11.8 Å². The summed E-state index contributed by atoms with van der Waals surface area (Å²) in [6.07, 6.45) is 1.19. The van der Waals surface area contributed by atoms with Crippen LogP contribution in [0.2, 0.25) is 0 Å². The first-order valence-electron chi connectivity index (χ1n) is 7.38. The van der Waals surface area contributed by atoms with Crippen LogP contribution < -0.4 is 15.0 Å². The lowest BCUT2D eigenvalue weighted by Crippen LogP contribution is -2.36. The van der Waals surface area contributed by atoms with Crippen LogP contribution in [0.3, 0.4) is 0 Å². The SMILES string of the molecule is CNc1cc2c(cc1N1CCOCC1)OC(C)(CC#N)C2. The predicted molar refractivity (Wildman–Crippen MR) is 82.0 cm³/mol. The molecule has 0 aromatic heterocycles. The fourth-order valence-corrected chi connectivity index (χ4v) is 3.08. The zero-order valence-corrected chi connectivity index (χ0v) is 12.6. The van der Waals surface area contributed by atoms with E-state index in [1.165, 1.54) is 5.56 Å². The maximum atomic E-state index is 8.97. The average molecular weight is 287 g/mol. The lowest BCUT2D eigenvalue weighted by Gasteiger charge is -2.31. The van der Waals surface area contributed by atoms with Crippen molar-refractivity contribution in [3.63, 3.8) is 0 Å². The lowest BCUT2D eigenvalue weighted by atomic mass is 9.96. The Kier molecular flexibility index (Phi) is 3.64. The Balaban J connectivity index is 1.92. The first kappa shape index (κ1) is 14.0. The number of nitrogens with one attached hydrogen (secondary N) is 1. The molecule has 0 aliphatic carbocycles. The van der Waals surface area contributed by atoms with Crippen molar-refractivity contribution < 1.29 is 9.47 Å². The molecule has 1 aromatic rings. The zero-order chi connectivity index (χ0) is 14.9. The summed E-state index contributed by atoms with van der Waals surface area (Å²) < 4.78 is 11.5. The highest BCUT2D eigenvalue weighted by molar-refractivity contribution is 5.74. The zero-order valence-electron chi connectivity index (χ0n) is 12.6. The predicted octanol–water partition coefficient (Wildman–Crippen LogP) is 2.17. The van der Waals surface area contributed by atoms with Crippen LogP contribution in [0, 0.1) is 11.3 Å². The normalized spacial score (nSPS) is 24.1. The molecule has 2 aliphatic rings. The first-order chi connectivity index (χ1) is 10.1. The Morgan fingerprint density at radius 3 is 2.81 bits per heavy atom. The minimum Gasteiger partial charge on any atom is -0.486 e. The largest absolute Gasteiger partial charge is 0.486 e. The smallest absolute Gasteiger partial charge is 0.125 e. The number of rotatable bonds is 3. The lowest BCUT2D eigenvalue weighted by molar-refractivity contribution is 0.120. The van der Waals surface area contributed by atoms with Gasteiger partial charge in [-0.3, -0.25) is 0 Å². The van der Waals surface area contributed by atoms with Crippen LogP contribution in [0.4, 0.5) is 11.4 Å². The van der Waals surface area contributed by atoms with Crippen LogP contribution >= 0.6 is 0 Å². The Morgan fingerprint density at radius 1 is 1.38 bits per heavy atom. The molecule has 112 valence electrons. The van der Waals surface area contributed by atoms with Crippen LogP contribution in [0.5, 0.6) is 5.75 Å². The molecular formula is C16H21N3O2. The van der Waals surface area contributed by atoms with Crippen LogP contribution in [0.15, 0.2) is 12.1 Å². The van der Waals surface area contributed by atoms with Gasteiger partial charge in [-0.15, -0.1) is 0 Å². The Bertz CT molecular complexity index is 576. The van der Waals surface area contributed by atoms with Crippen LogP contribution in [0.25, 0.3) is 0 Å². The molecule has 0 bridgehead atoms. The monoisotopic (exact) mass is 287 g/mol. The van der Waals surface area contributed by atoms with Gasteiger partial charge in [0.2, 0.25) is 0 Å². The van der Waals surface area contributed by atoms with E-state index in [4.69, 9.17) is 14.7 Å². The van der Waals surface area contributed by atoms with Gasteiger partial charge in [-0.05, 0) is 13.0 Å². The number of ether oxygens (including phenoxy) is 2. The summed E-state index contributed by atoms with van der Waals surface area (Å²) >= 11 is 0. The minimum absolute atomic E-state index is 0.397. The van der Waals surface area contributed by atoms with Crippen molar-refractivity contribution >= 4 is 11.4 Å². The second-order valence-electron chi connectivity index (χ2n) is 5.89. The van der Waals surface area contributed by atoms with E-state index in [1.807, 2.05) is 14.0 Å². The molecule has 5 heteroatoms. The minimum atomic E-state index is -0.397. The fourth-order valence-electron chi connectivity index (χ4n) is 3.08. The molecular weight excluding hydrogens is 266 g/mol. The molecule has 5 nitrogen and oxygen atoms in total. The highest BCUT2D eigenvalue weighted by Crippen LogP contribution is 2.42. The fraction of sp³-hybridized carbons (Fsp3) is 0.562. The molecule has 2 heterocycles. The quantitative estimate of drug-likeness (QED) is 0.923. The first-order valence-corrected chi connectivity index (χ1v) is 7.38. The van der Waals surface area contributed by atoms with E-state index in [9.17, 15) is 0 Å². The third-order valence-electron chi connectivity index (χ3n) is 4.17. The summed E-state index contributed by atoms with van der Waals surface area (Å²) in [6, 6.07) is 6.49. The molecule has 1 fully saturated rings. The Morgan fingerprint density at radius 2 is 2.14 bits per heavy atom. The summed E-state index contributed by atoms with van der Waals surface area (Å²) in [6.45, 7) is 5.30. The molecule has 1 N–H and O–H groups in total. The molecule has 1 aromatic carbocycles. The second-order valence-corrected chi connectivity index (χ2v) is 5.89. The number of nitriles is 1.